The lowest BCUT2D eigenvalue weighted by Gasteiger charge is -2.25. The molecular formula is C14H20F3NO2. The molecule has 0 fully saturated rings. The molecule has 6 heteroatoms. The highest BCUT2D eigenvalue weighted by molar-refractivity contribution is 5.27. The molecule has 0 radical (unpaired) electrons. The van der Waals surface area contributed by atoms with Crippen LogP contribution in [0.4, 0.5) is 13.2 Å². The van der Waals surface area contributed by atoms with E-state index < -0.39 is 12.0 Å². The first kappa shape index (κ1) is 16.8. The third kappa shape index (κ3) is 5.79. The van der Waals surface area contributed by atoms with Crippen LogP contribution in [0.2, 0.25) is 0 Å². The number of hydrogen-bond donors (Lipinski definition) is 2. The van der Waals surface area contributed by atoms with Crippen molar-refractivity contribution in [3.05, 3.63) is 29.8 Å². The van der Waals surface area contributed by atoms with E-state index in [2.05, 4.69) is 10.1 Å². The van der Waals surface area contributed by atoms with Gasteiger partial charge < -0.3 is 15.2 Å². The lowest BCUT2D eigenvalue weighted by molar-refractivity contribution is -0.274. The van der Waals surface area contributed by atoms with Crippen LogP contribution in [0.15, 0.2) is 24.3 Å². The van der Waals surface area contributed by atoms with E-state index in [-0.39, 0.29) is 5.75 Å². The molecule has 0 saturated carbocycles. The number of ether oxygens (including phenoxy) is 1. The third-order valence-electron chi connectivity index (χ3n) is 3.26. The summed E-state index contributed by atoms with van der Waals surface area (Å²) in [6.07, 6.45) is -3.37. The number of benzene rings is 1. The largest absolute Gasteiger partial charge is 0.573 e. The molecule has 0 aliphatic carbocycles. The molecule has 0 atom stereocenters. The molecule has 0 saturated heterocycles. The Kier molecular flexibility index (Phi) is 5.83. The molecule has 1 aromatic carbocycles. The van der Waals surface area contributed by atoms with Crippen molar-refractivity contribution < 1.29 is 23.0 Å². The van der Waals surface area contributed by atoms with Crippen molar-refractivity contribution in [2.45, 2.75) is 45.2 Å². The van der Waals surface area contributed by atoms with E-state index in [1.165, 1.54) is 12.1 Å². The van der Waals surface area contributed by atoms with Crippen LogP contribution in [0.3, 0.4) is 0 Å². The summed E-state index contributed by atoms with van der Waals surface area (Å²) >= 11 is 0. The summed E-state index contributed by atoms with van der Waals surface area (Å²) in [5, 5.41) is 13.2. The number of nitrogens with one attached hydrogen (secondary N) is 1. The Hall–Kier alpha value is -1.27. The summed E-state index contributed by atoms with van der Waals surface area (Å²) in [6.45, 7) is 4.75. The van der Waals surface area contributed by atoms with Gasteiger partial charge in [-0.05, 0) is 30.5 Å². The molecule has 2 N–H and O–H groups in total. The second-order valence-corrected chi connectivity index (χ2v) is 4.73. The molecular weight excluding hydrogens is 271 g/mol. The van der Waals surface area contributed by atoms with Crippen LogP contribution >= 0.6 is 0 Å². The Balaban J connectivity index is 2.46. The SMILES string of the molecule is CCC(O)(CC)CNCc1ccc(OC(F)(F)F)cc1. The van der Waals surface area contributed by atoms with E-state index in [0.29, 0.717) is 25.9 Å². The van der Waals surface area contributed by atoms with Gasteiger partial charge in [-0.2, -0.15) is 0 Å². The van der Waals surface area contributed by atoms with Gasteiger partial charge in [-0.15, -0.1) is 13.2 Å². The fourth-order valence-electron chi connectivity index (χ4n) is 1.75. The molecule has 0 spiro atoms. The van der Waals surface area contributed by atoms with Gasteiger partial charge in [-0.1, -0.05) is 26.0 Å². The molecule has 0 aromatic heterocycles. The zero-order chi connectivity index (χ0) is 15.2. The second-order valence-electron chi connectivity index (χ2n) is 4.73. The van der Waals surface area contributed by atoms with Crippen molar-refractivity contribution in [3.63, 3.8) is 0 Å². The summed E-state index contributed by atoms with van der Waals surface area (Å²) in [7, 11) is 0. The summed E-state index contributed by atoms with van der Waals surface area (Å²) in [5.74, 6) is -0.236. The lowest BCUT2D eigenvalue weighted by Crippen LogP contribution is -2.39. The minimum Gasteiger partial charge on any atom is -0.406 e. The Morgan fingerprint density at radius 3 is 2.10 bits per heavy atom. The first-order valence-electron chi connectivity index (χ1n) is 6.56. The van der Waals surface area contributed by atoms with Gasteiger partial charge >= 0.3 is 6.36 Å². The van der Waals surface area contributed by atoms with Crippen LogP contribution in [0.25, 0.3) is 0 Å². The van der Waals surface area contributed by atoms with Crippen LogP contribution in [-0.4, -0.2) is 23.6 Å². The normalized spacial score (nSPS) is 12.5. The van der Waals surface area contributed by atoms with E-state index >= 15 is 0 Å². The Morgan fingerprint density at radius 2 is 1.65 bits per heavy atom. The third-order valence-corrected chi connectivity index (χ3v) is 3.26. The average Bonchev–Trinajstić information content (AvgIpc) is 2.39. The average molecular weight is 291 g/mol. The minimum atomic E-state index is -4.67. The van der Waals surface area contributed by atoms with Gasteiger partial charge in [0.2, 0.25) is 0 Å². The molecule has 0 heterocycles. The molecule has 3 nitrogen and oxygen atoms in total. The number of hydrogen-bond acceptors (Lipinski definition) is 3. The Bertz CT molecular complexity index is 400. The molecule has 0 unspecified atom stereocenters. The molecule has 0 aliphatic heterocycles. The van der Waals surface area contributed by atoms with Gasteiger partial charge in [0.1, 0.15) is 5.75 Å². The summed E-state index contributed by atoms with van der Waals surface area (Å²) < 4.78 is 39.8. The lowest BCUT2D eigenvalue weighted by atomic mass is 9.97. The highest BCUT2D eigenvalue weighted by Crippen LogP contribution is 2.22. The predicted octanol–water partition coefficient (Wildman–Crippen LogP) is 3.23. The molecule has 1 rings (SSSR count). The minimum absolute atomic E-state index is 0.236. The summed E-state index contributed by atoms with van der Waals surface area (Å²) in [6, 6.07) is 5.67. The van der Waals surface area contributed by atoms with Crippen molar-refractivity contribution in [2.24, 2.45) is 0 Å². The summed E-state index contributed by atoms with van der Waals surface area (Å²) in [4.78, 5) is 0. The van der Waals surface area contributed by atoms with E-state index in [9.17, 15) is 18.3 Å². The maximum Gasteiger partial charge on any atom is 0.573 e. The van der Waals surface area contributed by atoms with Crippen molar-refractivity contribution in [1.29, 1.82) is 0 Å². The maximum absolute atomic E-state index is 12.0. The number of aliphatic hydroxyl groups is 1. The van der Waals surface area contributed by atoms with Gasteiger partial charge in [0.05, 0.1) is 5.60 Å². The standard InChI is InChI=1S/C14H20F3NO2/c1-3-13(19,4-2)10-18-9-11-5-7-12(8-6-11)20-14(15,16)17/h5-8,18-19H,3-4,9-10H2,1-2H3. The maximum atomic E-state index is 12.0. The van der Waals surface area contributed by atoms with Crippen LogP contribution in [0.5, 0.6) is 5.75 Å². The van der Waals surface area contributed by atoms with Crippen LogP contribution in [-0.2, 0) is 6.54 Å². The van der Waals surface area contributed by atoms with Gasteiger partial charge in [-0.3, -0.25) is 0 Å². The Morgan fingerprint density at radius 1 is 1.10 bits per heavy atom. The number of halogens is 3. The summed E-state index contributed by atoms with van der Waals surface area (Å²) in [5.41, 5.74) is 0.0911. The monoisotopic (exact) mass is 291 g/mol. The highest BCUT2D eigenvalue weighted by Gasteiger charge is 2.30. The fourth-order valence-corrected chi connectivity index (χ4v) is 1.75. The van der Waals surface area contributed by atoms with Crippen molar-refractivity contribution in [2.75, 3.05) is 6.54 Å². The van der Waals surface area contributed by atoms with Gasteiger partial charge in [0, 0.05) is 13.1 Å². The first-order chi connectivity index (χ1) is 9.28. The van der Waals surface area contributed by atoms with E-state index in [4.69, 9.17) is 0 Å². The highest BCUT2D eigenvalue weighted by atomic mass is 19.4. The van der Waals surface area contributed by atoms with Crippen LogP contribution < -0.4 is 10.1 Å². The molecule has 0 aliphatic rings. The predicted molar refractivity (Wildman–Crippen MR) is 70.4 cm³/mol. The van der Waals surface area contributed by atoms with Crippen molar-refractivity contribution in [3.8, 4) is 5.75 Å². The topological polar surface area (TPSA) is 41.5 Å². The molecule has 114 valence electrons. The Labute approximate surface area is 116 Å². The van der Waals surface area contributed by atoms with Gasteiger partial charge in [0.15, 0.2) is 0 Å². The number of alkyl halides is 3. The molecule has 0 amide bonds. The van der Waals surface area contributed by atoms with E-state index in [1.807, 2.05) is 13.8 Å². The fraction of sp³-hybridized carbons (Fsp3) is 0.571. The van der Waals surface area contributed by atoms with Crippen LogP contribution in [0.1, 0.15) is 32.3 Å². The van der Waals surface area contributed by atoms with E-state index in [0.717, 1.165) is 5.56 Å². The smallest absolute Gasteiger partial charge is 0.406 e. The number of rotatable bonds is 7. The molecule has 1 aromatic rings. The van der Waals surface area contributed by atoms with Crippen molar-refractivity contribution >= 4 is 0 Å². The molecule has 20 heavy (non-hydrogen) atoms. The van der Waals surface area contributed by atoms with E-state index in [1.54, 1.807) is 12.1 Å². The zero-order valence-corrected chi connectivity index (χ0v) is 11.6. The second kappa shape index (κ2) is 6.95. The quantitative estimate of drug-likeness (QED) is 0.810. The van der Waals surface area contributed by atoms with Crippen LogP contribution in [0, 0.1) is 0 Å². The van der Waals surface area contributed by atoms with Crippen molar-refractivity contribution in [1.82, 2.24) is 5.32 Å². The van der Waals surface area contributed by atoms with Gasteiger partial charge in [0.25, 0.3) is 0 Å². The zero-order valence-electron chi connectivity index (χ0n) is 11.6. The molecule has 0 bridgehead atoms. The van der Waals surface area contributed by atoms with Gasteiger partial charge in [-0.25, -0.2) is 0 Å². The first-order valence-corrected chi connectivity index (χ1v) is 6.56.